The minimum Gasteiger partial charge on any atom is -0.345 e. The standard InChI is InChI=1S/C22H25N5O3S/c1-24-31(29,30)20-8-15-17(23)9-19(27-22(28)13-3-2-6-25-10-13)21(15)16-11-26-18(7-14(16)20)12-4-5-12/h2-3,6-8,10-12,14,16-17,19,24H,4-5,9,23H2,1H3,(H,27,28)/t14?,16?,17-,19-/m1/s1. The molecule has 1 saturated carbocycles. The highest BCUT2D eigenvalue weighted by Crippen LogP contribution is 2.48. The van der Waals surface area contributed by atoms with Gasteiger partial charge in [0, 0.05) is 48.1 Å². The molecule has 5 rings (SSSR count). The molecule has 1 aromatic rings. The number of allylic oxidation sites excluding steroid dienone is 3. The van der Waals surface area contributed by atoms with Crippen LogP contribution in [-0.4, -0.2) is 44.7 Å². The van der Waals surface area contributed by atoms with Crippen molar-refractivity contribution in [3.63, 3.8) is 0 Å². The first-order chi connectivity index (χ1) is 14.9. The van der Waals surface area contributed by atoms with E-state index in [0.717, 1.165) is 29.7 Å². The topological polar surface area (TPSA) is 127 Å². The number of nitrogens with one attached hydrogen (secondary N) is 2. The second kappa shape index (κ2) is 7.51. The highest BCUT2D eigenvalue weighted by molar-refractivity contribution is 7.93. The average Bonchev–Trinajstić information content (AvgIpc) is 3.58. The number of hydrogen-bond donors (Lipinski definition) is 3. The third-order valence-corrected chi connectivity index (χ3v) is 8.06. The highest BCUT2D eigenvalue weighted by atomic mass is 32.2. The molecule has 0 radical (unpaired) electrons. The molecule has 162 valence electrons. The van der Waals surface area contributed by atoms with Crippen molar-refractivity contribution < 1.29 is 13.2 Å². The van der Waals surface area contributed by atoms with Crippen molar-refractivity contribution in [2.45, 2.75) is 31.3 Å². The number of fused-ring (bicyclic) bond motifs is 2. The second-order valence-electron chi connectivity index (χ2n) is 8.47. The Kier molecular flexibility index (Phi) is 4.91. The normalized spacial score (nSPS) is 29.7. The fourth-order valence-electron chi connectivity index (χ4n) is 4.78. The lowest BCUT2D eigenvalue weighted by atomic mass is 9.77. The van der Waals surface area contributed by atoms with E-state index in [2.05, 4.69) is 20.0 Å². The minimum absolute atomic E-state index is 0.227. The summed E-state index contributed by atoms with van der Waals surface area (Å²) in [4.78, 5) is 21.8. The van der Waals surface area contributed by atoms with E-state index < -0.39 is 10.0 Å². The van der Waals surface area contributed by atoms with Crippen LogP contribution in [0.1, 0.15) is 29.6 Å². The average molecular weight is 440 g/mol. The first kappa shape index (κ1) is 20.3. The van der Waals surface area contributed by atoms with E-state index in [9.17, 15) is 13.2 Å². The number of aromatic nitrogens is 1. The Hall–Kier alpha value is -2.62. The third kappa shape index (κ3) is 3.56. The monoisotopic (exact) mass is 439 g/mol. The molecule has 9 heteroatoms. The van der Waals surface area contributed by atoms with Gasteiger partial charge in [0.05, 0.1) is 16.5 Å². The molecule has 2 unspecified atom stereocenters. The maximum atomic E-state index is 12.8. The largest absolute Gasteiger partial charge is 0.345 e. The highest BCUT2D eigenvalue weighted by Gasteiger charge is 2.46. The SMILES string of the molecule is CNS(=O)(=O)C1=CC2=C(C3C=NC(C4CC4)=CC13)[C@H](NC(=O)c1cccnc1)C[C@H]2N. The van der Waals surface area contributed by atoms with Gasteiger partial charge in [0.25, 0.3) is 5.91 Å². The number of rotatable bonds is 5. The fourth-order valence-corrected chi connectivity index (χ4v) is 5.87. The molecule has 0 saturated heterocycles. The first-order valence-corrected chi connectivity index (χ1v) is 12.0. The Labute approximate surface area is 181 Å². The molecule has 4 aliphatic rings. The lowest BCUT2D eigenvalue weighted by Crippen LogP contribution is -2.41. The second-order valence-corrected chi connectivity index (χ2v) is 10.4. The van der Waals surface area contributed by atoms with Gasteiger partial charge in [-0.25, -0.2) is 13.1 Å². The van der Waals surface area contributed by atoms with E-state index in [4.69, 9.17) is 5.73 Å². The van der Waals surface area contributed by atoms with E-state index in [1.807, 2.05) is 12.3 Å². The van der Waals surface area contributed by atoms with Crippen LogP contribution in [0.5, 0.6) is 0 Å². The van der Waals surface area contributed by atoms with Gasteiger partial charge in [-0.05, 0) is 55.7 Å². The molecule has 31 heavy (non-hydrogen) atoms. The van der Waals surface area contributed by atoms with Crippen molar-refractivity contribution in [2.75, 3.05) is 7.05 Å². The zero-order chi connectivity index (χ0) is 21.8. The molecular formula is C22H25N5O3S. The van der Waals surface area contributed by atoms with Gasteiger partial charge in [-0.1, -0.05) is 6.08 Å². The van der Waals surface area contributed by atoms with Crippen molar-refractivity contribution in [1.29, 1.82) is 0 Å². The van der Waals surface area contributed by atoms with Gasteiger partial charge >= 0.3 is 0 Å². The molecule has 2 heterocycles. The van der Waals surface area contributed by atoms with E-state index in [0.29, 0.717) is 22.8 Å². The van der Waals surface area contributed by atoms with E-state index in [1.165, 1.54) is 13.2 Å². The molecule has 0 spiro atoms. The minimum atomic E-state index is -3.65. The molecule has 1 fully saturated rings. The van der Waals surface area contributed by atoms with Crippen LogP contribution in [0.2, 0.25) is 0 Å². The molecule has 3 aliphatic carbocycles. The number of aliphatic imine (C=N–C) groups is 1. The predicted molar refractivity (Wildman–Crippen MR) is 117 cm³/mol. The molecule has 1 amide bonds. The Morgan fingerprint density at radius 3 is 2.74 bits per heavy atom. The van der Waals surface area contributed by atoms with Gasteiger partial charge in [-0.2, -0.15) is 0 Å². The van der Waals surface area contributed by atoms with Crippen molar-refractivity contribution in [1.82, 2.24) is 15.0 Å². The van der Waals surface area contributed by atoms with Crippen molar-refractivity contribution >= 4 is 22.1 Å². The van der Waals surface area contributed by atoms with Crippen LogP contribution in [-0.2, 0) is 10.0 Å². The number of carbonyl (C=O) groups excluding carboxylic acids is 1. The first-order valence-electron chi connectivity index (χ1n) is 10.5. The van der Waals surface area contributed by atoms with Gasteiger partial charge in [0.15, 0.2) is 0 Å². The maximum Gasteiger partial charge on any atom is 0.253 e. The van der Waals surface area contributed by atoms with Crippen LogP contribution < -0.4 is 15.8 Å². The molecule has 1 aliphatic heterocycles. The van der Waals surface area contributed by atoms with Gasteiger partial charge in [-0.3, -0.25) is 14.8 Å². The van der Waals surface area contributed by atoms with Crippen molar-refractivity contribution in [3.8, 4) is 0 Å². The molecular weight excluding hydrogens is 414 g/mol. The number of pyridine rings is 1. The van der Waals surface area contributed by atoms with Crippen molar-refractivity contribution in [2.24, 2.45) is 28.5 Å². The molecule has 0 bridgehead atoms. The van der Waals surface area contributed by atoms with Gasteiger partial charge < -0.3 is 11.1 Å². The zero-order valence-corrected chi connectivity index (χ0v) is 18.0. The Morgan fingerprint density at radius 2 is 2.06 bits per heavy atom. The molecule has 8 nitrogen and oxygen atoms in total. The van der Waals surface area contributed by atoms with E-state index >= 15 is 0 Å². The van der Waals surface area contributed by atoms with Crippen LogP contribution in [0, 0.1) is 17.8 Å². The summed E-state index contributed by atoms with van der Waals surface area (Å²) in [7, 11) is -2.23. The van der Waals surface area contributed by atoms with Crippen LogP contribution in [0.15, 0.2) is 63.4 Å². The van der Waals surface area contributed by atoms with Crippen LogP contribution in [0.3, 0.4) is 0 Å². The lowest BCUT2D eigenvalue weighted by molar-refractivity contribution is 0.0940. The molecule has 1 aromatic heterocycles. The quantitative estimate of drug-likeness (QED) is 0.637. The van der Waals surface area contributed by atoms with Gasteiger partial charge in [-0.15, -0.1) is 0 Å². The third-order valence-electron chi connectivity index (χ3n) is 6.51. The summed E-state index contributed by atoms with van der Waals surface area (Å²) in [6, 6.07) is 2.77. The summed E-state index contributed by atoms with van der Waals surface area (Å²) in [6.45, 7) is 0. The number of sulfonamides is 1. The zero-order valence-electron chi connectivity index (χ0n) is 17.2. The summed E-state index contributed by atoms with van der Waals surface area (Å²) in [5.41, 5.74) is 9.58. The van der Waals surface area contributed by atoms with Gasteiger partial charge in [0.2, 0.25) is 10.0 Å². The smallest absolute Gasteiger partial charge is 0.253 e. The summed E-state index contributed by atoms with van der Waals surface area (Å²) in [5.74, 6) is -0.422. The lowest BCUT2D eigenvalue weighted by Gasteiger charge is -2.34. The molecule has 4 atom stereocenters. The predicted octanol–water partition coefficient (Wildman–Crippen LogP) is 1.26. The number of nitrogens with two attached hydrogens (primary N) is 1. The fraction of sp³-hybridized carbons (Fsp3) is 0.409. The number of carbonyl (C=O) groups is 1. The molecule has 4 N–H and O–H groups in total. The van der Waals surface area contributed by atoms with Crippen molar-refractivity contribution in [3.05, 3.63) is 64.0 Å². The maximum absolute atomic E-state index is 12.8. The van der Waals surface area contributed by atoms with E-state index in [-0.39, 0.29) is 29.8 Å². The van der Waals surface area contributed by atoms with Crippen LogP contribution >= 0.6 is 0 Å². The number of amides is 1. The Balaban J connectivity index is 1.54. The molecule has 0 aromatic carbocycles. The number of nitrogens with zero attached hydrogens (tertiary/aromatic N) is 2. The Morgan fingerprint density at radius 1 is 1.26 bits per heavy atom. The van der Waals surface area contributed by atoms with Crippen LogP contribution in [0.25, 0.3) is 0 Å². The van der Waals surface area contributed by atoms with Crippen LogP contribution in [0.4, 0.5) is 0 Å². The van der Waals surface area contributed by atoms with Gasteiger partial charge in [0.1, 0.15) is 0 Å². The summed E-state index contributed by atoms with van der Waals surface area (Å²) in [6.07, 6.45) is 11.4. The van der Waals surface area contributed by atoms with E-state index in [1.54, 1.807) is 24.4 Å². The summed E-state index contributed by atoms with van der Waals surface area (Å²) in [5, 5.41) is 3.08. The summed E-state index contributed by atoms with van der Waals surface area (Å²) >= 11 is 0. The Bertz CT molecular complexity index is 1150. The number of hydrogen-bond acceptors (Lipinski definition) is 6. The summed E-state index contributed by atoms with van der Waals surface area (Å²) < 4.78 is 28.1.